The molecule has 0 amide bonds. The number of aryl methyl sites for hydroxylation is 1. The number of hydrogen-bond donors (Lipinski definition) is 0. The number of nitrogens with zero attached hydrogens (tertiary/aromatic N) is 1. The molecule has 1 rings (SSSR count). The smallest absolute Gasteiger partial charge is 0.211 e. The standard InChI is InChI=1S/C8H7NOS/c1-3-7(10)4-8-9-6(2)5-11-8/h1,5H,4H2,2H3. The topological polar surface area (TPSA) is 30.0 Å². The van der Waals surface area contributed by atoms with Crippen molar-refractivity contribution in [3.05, 3.63) is 16.1 Å². The van der Waals surface area contributed by atoms with E-state index in [2.05, 4.69) is 10.9 Å². The Labute approximate surface area is 69.3 Å². The van der Waals surface area contributed by atoms with Gasteiger partial charge in [0.05, 0.1) is 6.42 Å². The molecule has 0 bridgehead atoms. The van der Waals surface area contributed by atoms with Crippen LogP contribution in [0.5, 0.6) is 0 Å². The SMILES string of the molecule is C#CC(=O)Cc1nc(C)cs1. The normalized spacial score (nSPS) is 9.09. The molecule has 0 aromatic carbocycles. The minimum Gasteiger partial charge on any atom is -0.284 e. The molecular formula is C8H7NOS. The van der Waals surface area contributed by atoms with Gasteiger partial charge in [0.2, 0.25) is 5.78 Å². The van der Waals surface area contributed by atoms with Crippen molar-refractivity contribution in [2.75, 3.05) is 0 Å². The van der Waals surface area contributed by atoms with Crippen molar-refractivity contribution in [3.8, 4) is 12.3 Å². The van der Waals surface area contributed by atoms with Gasteiger partial charge in [-0.2, -0.15) is 0 Å². The van der Waals surface area contributed by atoms with Gasteiger partial charge in [-0.3, -0.25) is 4.79 Å². The molecular weight excluding hydrogens is 158 g/mol. The quantitative estimate of drug-likeness (QED) is 0.487. The van der Waals surface area contributed by atoms with Crippen molar-refractivity contribution in [2.24, 2.45) is 0 Å². The Morgan fingerprint density at radius 1 is 1.91 bits per heavy atom. The maximum Gasteiger partial charge on any atom is 0.211 e. The average molecular weight is 165 g/mol. The molecule has 1 heterocycles. The van der Waals surface area contributed by atoms with Gasteiger partial charge in [-0.15, -0.1) is 17.8 Å². The fraction of sp³-hybridized carbons (Fsp3) is 0.250. The summed E-state index contributed by atoms with van der Waals surface area (Å²) in [5.41, 5.74) is 0.940. The number of hydrogen-bond acceptors (Lipinski definition) is 3. The second-order valence-electron chi connectivity index (χ2n) is 2.13. The van der Waals surface area contributed by atoms with Crippen molar-refractivity contribution in [1.82, 2.24) is 4.98 Å². The largest absolute Gasteiger partial charge is 0.284 e. The molecule has 0 aliphatic carbocycles. The third kappa shape index (κ3) is 2.17. The first-order chi connectivity index (χ1) is 5.22. The van der Waals surface area contributed by atoms with Gasteiger partial charge in [0.25, 0.3) is 0 Å². The van der Waals surface area contributed by atoms with E-state index < -0.39 is 0 Å². The highest BCUT2D eigenvalue weighted by molar-refractivity contribution is 7.09. The van der Waals surface area contributed by atoms with Crippen LogP contribution in [-0.4, -0.2) is 10.8 Å². The van der Waals surface area contributed by atoms with E-state index in [4.69, 9.17) is 6.42 Å². The van der Waals surface area contributed by atoms with Gasteiger partial charge in [-0.05, 0) is 12.8 Å². The molecule has 0 saturated heterocycles. The number of aromatic nitrogens is 1. The van der Waals surface area contributed by atoms with Crippen molar-refractivity contribution in [3.63, 3.8) is 0 Å². The molecule has 0 aliphatic rings. The summed E-state index contributed by atoms with van der Waals surface area (Å²) in [5, 5.41) is 2.70. The summed E-state index contributed by atoms with van der Waals surface area (Å²) in [4.78, 5) is 14.8. The van der Waals surface area contributed by atoms with Gasteiger partial charge in [-0.25, -0.2) is 4.98 Å². The molecule has 1 aromatic rings. The second kappa shape index (κ2) is 3.31. The molecule has 0 saturated carbocycles. The first kappa shape index (κ1) is 7.96. The maximum absolute atomic E-state index is 10.7. The van der Waals surface area contributed by atoms with Gasteiger partial charge < -0.3 is 0 Å². The summed E-state index contributed by atoms with van der Waals surface area (Å²) in [6, 6.07) is 0. The highest BCUT2D eigenvalue weighted by Gasteiger charge is 2.02. The summed E-state index contributed by atoms with van der Waals surface area (Å²) in [5.74, 6) is 1.84. The summed E-state index contributed by atoms with van der Waals surface area (Å²) in [6.45, 7) is 1.89. The number of Topliss-reactive ketones (excluding diaryl/α,β-unsaturated/α-hetero) is 1. The summed E-state index contributed by atoms with van der Waals surface area (Å²) in [7, 11) is 0. The van der Waals surface area contributed by atoms with Crippen LogP contribution in [0.25, 0.3) is 0 Å². The van der Waals surface area contributed by atoms with E-state index in [0.29, 0.717) is 0 Å². The number of carbonyl (C=O) groups is 1. The van der Waals surface area contributed by atoms with Crippen LogP contribution in [0.3, 0.4) is 0 Å². The molecule has 0 aliphatic heterocycles. The number of ketones is 1. The van der Waals surface area contributed by atoms with Crippen LogP contribution in [0.4, 0.5) is 0 Å². The van der Waals surface area contributed by atoms with Crippen LogP contribution in [0, 0.1) is 19.3 Å². The molecule has 3 heteroatoms. The van der Waals surface area contributed by atoms with Gasteiger partial charge in [0.15, 0.2) is 0 Å². The number of thiazole rings is 1. The number of terminal acetylenes is 1. The van der Waals surface area contributed by atoms with Crippen LogP contribution in [0.1, 0.15) is 10.7 Å². The fourth-order valence-electron chi connectivity index (χ4n) is 0.672. The lowest BCUT2D eigenvalue weighted by Gasteiger charge is -1.85. The predicted octanol–water partition coefficient (Wildman–Crippen LogP) is 1.20. The average Bonchev–Trinajstić information content (AvgIpc) is 2.35. The van der Waals surface area contributed by atoms with E-state index in [9.17, 15) is 4.79 Å². The fourth-order valence-corrected chi connectivity index (χ4v) is 1.44. The highest BCUT2D eigenvalue weighted by Crippen LogP contribution is 2.08. The Bertz CT molecular complexity index is 308. The third-order valence-corrected chi connectivity index (χ3v) is 2.11. The third-order valence-electron chi connectivity index (χ3n) is 1.14. The molecule has 0 N–H and O–H groups in total. The molecule has 0 atom stereocenters. The lowest BCUT2D eigenvalue weighted by Crippen LogP contribution is -1.97. The molecule has 0 radical (unpaired) electrons. The lowest BCUT2D eigenvalue weighted by molar-refractivity contribution is -0.113. The number of carbonyl (C=O) groups excluding carboxylic acids is 1. The van der Waals surface area contributed by atoms with Gasteiger partial charge >= 0.3 is 0 Å². The van der Waals surface area contributed by atoms with E-state index in [1.807, 2.05) is 12.3 Å². The summed E-state index contributed by atoms with van der Waals surface area (Å²) < 4.78 is 0. The van der Waals surface area contributed by atoms with Gasteiger partial charge in [0, 0.05) is 11.1 Å². The van der Waals surface area contributed by atoms with Crippen molar-refractivity contribution in [1.29, 1.82) is 0 Å². The van der Waals surface area contributed by atoms with Gasteiger partial charge in [0.1, 0.15) is 5.01 Å². The van der Waals surface area contributed by atoms with Crippen molar-refractivity contribution in [2.45, 2.75) is 13.3 Å². The van der Waals surface area contributed by atoms with E-state index in [1.54, 1.807) is 0 Å². The Kier molecular flexibility index (Phi) is 2.40. The molecule has 11 heavy (non-hydrogen) atoms. The first-order valence-electron chi connectivity index (χ1n) is 3.13. The molecule has 0 unspecified atom stereocenters. The molecule has 56 valence electrons. The molecule has 1 aromatic heterocycles. The highest BCUT2D eigenvalue weighted by atomic mass is 32.1. The van der Waals surface area contributed by atoms with E-state index >= 15 is 0 Å². The van der Waals surface area contributed by atoms with Crippen molar-refractivity contribution >= 4 is 17.1 Å². The Morgan fingerprint density at radius 3 is 3.09 bits per heavy atom. The minimum atomic E-state index is -0.209. The molecule has 0 spiro atoms. The summed E-state index contributed by atoms with van der Waals surface area (Å²) >= 11 is 1.47. The van der Waals surface area contributed by atoms with Crippen molar-refractivity contribution < 1.29 is 4.79 Å². The Hall–Kier alpha value is -1.14. The van der Waals surface area contributed by atoms with Crippen LogP contribution < -0.4 is 0 Å². The maximum atomic E-state index is 10.7. The predicted molar refractivity (Wildman–Crippen MR) is 44.4 cm³/mol. The monoisotopic (exact) mass is 165 g/mol. The zero-order chi connectivity index (χ0) is 8.27. The van der Waals surface area contributed by atoms with E-state index in [0.717, 1.165) is 10.7 Å². The van der Waals surface area contributed by atoms with Crippen LogP contribution in [0.2, 0.25) is 0 Å². The van der Waals surface area contributed by atoms with E-state index in [-0.39, 0.29) is 12.2 Å². The zero-order valence-corrected chi connectivity index (χ0v) is 6.94. The van der Waals surface area contributed by atoms with Crippen LogP contribution in [-0.2, 0) is 11.2 Å². The first-order valence-corrected chi connectivity index (χ1v) is 4.01. The van der Waals surface area contributed by atoms with Crippen LogP contribution >= 0.6 is 11.3 Å². The van der Waals surface area contributed by atoms with E-state index in [1.165, 1.54) is 11.3 Å². The summed E-state index contributed by atoms with van der Waals surface area (Å²) in [6.07, 6.45) is 5.18. The second-order valence-corrected chi connectivity index (χ2v) is 3.07. The molecule has 0 fully saturated rings. The van der Waals surface area contributed by atoms with Gasteiger partial charge in [-0.1, -0.05) is 0 Å². The zero-order valence-electron chi connectivity index (χ0n) is 6.13. The Balaban J connectivity index is 2.66. The molecule has 2 nitrogen and oxygen atoms in total. The lowest BCUT2D eigenvalue weighted by atomic mass is 10.3. The number of rotatable bonds is 2. The Morgan fingerprint density at radius 2 is 2.64 bits per heavy atom. The van der Waals surface area contributed by atoms with Crippen LogP contribution in [0.15, 0.2) is 5.38 Å². The minimum absolute atomic E-state index is 0.209.